The first-order valence-corrected chi connectivity index (χ1v) is 19.6. The Hall–Kier alpha value is -6.96. The molecular formula is C55H36O. The van der Waals surface area contributed by atoms with Gasteiger partial charge in [0.25, 0.3) is 0 Å². The molecule has 11 aromatic rings. The average Bonchev–Trinajstić information content (AvgIpc) is 3.72. The lowest BCUT2D eigenvalue weighted by molar-refractivity contribution is 0.663. The minimum absolute atomic E-state index is 0.158. The molecule has 0 amide bonds. The van der Waals surface area contributed by atoms with Gasteiger partial charge in [-0.25, -0.2) is 0 Å². The van der Waals surface area contributed by atoms with Crippen molar-refractivity contribution in [2.45, 2.75) is 19.3 Å². The van der Waals surface area contributed by atoms with Gasteiger partial charge < -0.3 is 4.42 Å². The van der Waals surface area contributed by atoms with E-state index in [0.29, 0.717) is 0 Å². The van der Waals surface area contributed by atoms with Crippen LogP contribution in [-0.2, 0) is 5.41 Å². The number of benzene rings is 10. The van der Waals surface area contributed by atoms with Crippen LogP contribution in [0, 0.1) is 0 Å². The van der Waals surface area contributed by atoms with E-state index in [9.17, 15) is 0 Å². The van der Waals surface area contributed by atoms with Crippen LogP contribution in [0.1, 0.15) is 25.0 Å². The van der Waals surface area contributed by atoms with Gasteiger partial charge in [0.05, 0.1) is 0 Å². The van der Waals surface area contributed by atoms with Crippen molar-refractivity contribution in [1.82, 2.24) is 0 Å². The molecule has 0 saturated heterocycles. The van der Waals surface area contributed by atoms with Crippen LogP contribution < -0.4 is 0 Å². The molecular weight excluding hydrogens is 677 g/mol. The minimum Gasteiger partial charge on any atom is -0.456 e. The van der Waals surface area contributed by atoms with Gasteiger partial charge in [0, 0.05) is 16.2 Å². The molecule has 1 nitrogen and oxygen atoms in total. The highest BCUT2D eigenvalue weighted by atomic mass is 16.3. The molecule has 1 aliphatic rings. The number of hydrogen-bond acceptors (Lipinski definition) is 1. The first-order valence-electron chi connectivity index (χ1n) is 19.6. The van der Waals surface area contributed by atoms with Gasteiger partial charge in [-0.15, -0.1) is 0 Å². The third-order valence-corrected chi connectivity index (χ3v) is 12.6. The Kier molecular flexibility index (Phi) is 6.46. The maximum absolute atomic E-state index is 6.39. The van der Waals surface area contributed by atoms with Crippen molar-refractivity contribution in [2.24, 2.45) is 0 Å². The highest BCUT2D eigenvalue weighted by Gasteiger charge is 2.37. The molecule has 0 unspecified atom stereocenters. The molecule has 0 radical (unpaired) electrons. The fraction of sp³-hybridized carbons (Fsp3) is 0.0545. The predicted molar refractivity (Wildman–Crippen MR) is 238 cm³/mol. The molecule has 0 spiro atoms. The van der Waals surface area contributed by atoms with Gasteiger partial charge in [0.2, 0.25) is 0 Å². The maximum Gasteiger partial charge on any atom is 0.136 e. The first kappa shape index (κ1) is 31.4. The summed E-state index contributed by atoms with van der Waals surface area (Å²) in [6.07, 6.45) is 0. The zero-order valence-electron chi connectivity index (χ0n) is 31.2. The molecule has 0 saturated carbocycles. The smallest absolute Gasteiger partial charge is 0.136 e. The summed E-state index contributed by atoms with van der Waals surface area (Å²) in [5, 5.41) is 12.4. The highest BCUT2D eigenvalue weighted by Crippen LogP contribution is 2.53. The Morgan fingerprint density at radius 1 is 0.339 bits per heavy atom. The summed E-state index contributed by atoms with van der Waals surface area (Å²) >= 11 is 0. The summed E-state index contributed by atoms with van der Waals surface area (Å²) in [5.41, 5.74) is 14.6. The number of rotatable bonds is 3. The normalized spacial score (nSPS) is 13.3. The van der Waals surface area contributed by atoms with Gasteiger partial charge in [-0.2, -0.15) is 0 Å². The molecule has 0 fully saturated rings. The summed E-state index contributed by atoms with van der Waals surface area (Å²) < 4.78 is 6.39. The second-order valence-corrected chi connectivity index (χ2v) is 16.0. The number of furan rings is 1. The lowest BCUT2D eigenvalue weighted by atomic mass is 9.80. The summed E-state index contributed by atoms with van der Waals surface area (Å²) in [6, 6.07) is 67.3. The number of fused-ring (bicyclic) bond motifs is 11. The third-order valence-electron chi connectivity index (χ3n) is 12.6. The molecule has 1 aliphatic carbocycles. The molecule has 262 valence electrons. The quantitative estimate of drug-likeness (QED) is 0.166. The van der Waals surface area contributed by atoms with Crippen molar-refractivity contribution in [2.75, 3.05) is 0 Å². The third kappa shape index (κ3) is 4.43. The van der Waals surface area contributed by atoms with E-state index in [2.05, 4.69) is 190 Å². The van der Waals surface area contributed by atoms with E-state index in [4.69, 9.17) is 4.42 Å². The van der Waals surface area contributed by atoms with Crippen molar-refractivity contribution in [3.8, 4) is 44.5 Å². The topological polar surface area (TPSA) is 13.1 Å². The lowest BCUT2D eigenvalue weighted by Crippen LogP contribution is -2.15. The Bertz CT molecular complexity index is 3390. The van der Waals surface area contributed by atoms with Crippen molar-refractivity contribution in [1.29, 1.82) is 0 Å². The fourth-order valence-electron chi connectivity index (χ4n) is 10.0. The fourth-order valence-corrected chi connectivity index (χ4v) is 10.0. The molecule has 0 aliphatic heterocycles. The van der Waals surface area contributed by atoms with E-state index < -0.39 is 0 Å². The summed E-state index contributed by atoms with van der Waals surface area (Å²) in [7, 11) is 0. The Morgan fingerprint density at radius 3 is 1.68 bits per heavy atom. The van der Waals surface area contributed by atoms with E-state index in [0.717, 1.165) is 11.2 Å². The van der Waals surface area contributed by atoms with Crippen molar-refractivity contribution >= 4 is 65.0 Å². The second-order valence-electron chi connectivity index (χ2n) is 16.0. The van der Waals surface area contributed by atoms with Gasteiger partial charge in [0.15, 0.2) is 0 Å². The summed E-state index contributed by atoms with van der Waals surface area (Å²) in [6.45, 7) is 4.75. The second kappa shape index (κ2) is 11.5. The van der Waals surface area contributed by atoms with E-state index >= 15 is 0 Å². The molecule has 1 heterocycles. The SMILES string of the molecule is CC1(C)c2ccc(-c3cccc(-c4c5ccccc5c(-c5ccc6ccccc6c5)c5ccccc45)c3)cc2-c2ccc3cc4c(cc3c21)oc1ccccc14. The van der Waals surface area contributed by atoms with Gasteiger partial charge in [-0.1, -0.05) is 159 Å². The van der Waals surface area contributed by atoms with E-state index in [1.165, 1.54) is 109 Å². The molecule has 0 N–H and O–H groups in total. The van der Waals surface area contributed by atoms with Crippen molar-refractivity contribution < 1.29 is 4.42 Å². The van der Waals surface area contributed by atoms with Crippen LogP contribution in [0.25, 0.3) is 110 Å². The summed E-state index contributed by atoms with van der Waals surface area (Å²) in [5.74, 6) is 0. The van der Waals surface area contributed by atoms with Crippen LogP contribution >= 0.6 is 0 Å². The average molecular weight is 713 g/mol. The van der Waals surface area contributed by atoms with Gasteiger partial charge in [-0.3, -0.25) is 0 Å². The van der Waals surface area contributed by atoms with Crippen LogP contribution in [0.5, 0.6) is 0 Å². The van der Waals surface area contributed by atoms with Crippen LogP contribution in [-0.4, -0.2) is 0 Å². The molecule has 0 bridgehead atoms. The first-order chi connectivity index (χ1) is 27.5. The zero-order chi connectivity index (χ0) is 37.1. The van der Waals surface area contributed by atoms with Gasteiger partial charge >= 0.3 is 0 Å². The standard InChI is InChI=1S/C55H36O/c1-55(2)49-27-25-36(30-47(49)45-26-24-37-31-48-40-16-9-10-21-50(40)56-51(48)32-46(37)54(45)55)35-14-11-15-38(29-35)52-41-17-5-7-19-43(41)53(44-20-8-6-18-42(44)52)39-23-22-33-12-3-4-13-34(33)28-39/h3-32H,1-2H3. The molecule has 56 heavy (non-hydrogen) atoms. The molecule has 1 heteroatoms. The van der Waals surface area contributed by atoms with Crippen LogP contribution in [0.4, 0.5) is 0 Å². The van der Waals surface area contributed by atoms with E-state index in [1.807, 2.05) is 6.07 Å². The molecule has 10 aromatic carbocycles. The molecule has 0 atom stereocenters. The summed E-state index contributed by atoms with van der Waals surface area (Å²) in [4.78, 5) is 0. The van der Waals surface area contributed by atoms with Gasteiger partial charge in [-0.05, 0) is 135 Å². The highest BCUT2D eigenvalue weighted by molar-refractivity contribution is 6.22. The van der Waals surface area contributed by atoms with E-state index in [1.54, 1.807) is 0 Å². The Labute approximate surface area is 325 Å². The zero-order valence-corrected chi connectivity index (χ0v) is 31.2. The van der Waals surface area contributed by atoms with Crippen LogP contribution in [0.3, 0.4) is 0 Å². The van der Waals surface area contributed by atoms with E-state index in [-0.39, 0.29) is 5.41 Å². The van der Waals surface area contributed by atoms with Gasteiger partial charge in [0.1, 0.15) is 11.2 Å². The largest absolute Gasteiger partial charge is 0.456 e. The molecule has 1 aromatic heterocycles. The van der Waals surface area contributed by atoms with Crippen LogP contribution in [0.2, 0.25) is 0 Å². The minimum atomic E-state index is -0.158. The predicted octanol–water partition coefficient (Wildman–Crippen LogP) is 15.5. The van der Waals surface area contributed by atoms with Crippen molar-refractivity contribution in [3.05, 3.63) is 193 Å². The number of para-hydroxylation sites is 1. The number of hydrogen-bond donors (Lipinski definition) is 0. The monoisotopic (exact) mass is 712 g/mol. The molecule has 12 rings (SSSR count). The Balaban J connectivity index is 1.02. The van der Waals surface area contributed by atoms with Crippen molar-refractivity contribution in [3.63, 3.8) is 0 Å². The van der Waals surface area contributed by atoms with Crippen LogP contribution in [0.15, 0.2) is 186 Å². The Morgan fingerprint density at radius 2 is 0.929 bits per heavy atom. The maximum atomic E-state index is 6.39. The lowest BCUT2D eigenvalue weighted by Gasteiger charge is -2.23.